The van der Waals surface area contributed by atoms with Crippen molar-refractivity contribution in [3.8, 4) is 0 Å². The predicted octanol–water partition coefficient (Wildman–Crippen LogP) is 1.13. The second-order valence-corrected chi connectivity index (χ2v) is 6.20. The summed E-state index contributed by atoms with van der Waals surface area (Å²) in [5, 5.41) is 14.3. The summed E-state index contributed by atoms with van der Waals surface area (Å²) in [6.45, 7) is 8.63. The Morgan fingerprint density at radius 1 is 1.21 bits per heavy atom. The molecule has 0 aliphatic carbocycles. The number of carboxylic acid groups (broad SMARTS) is 1. The first kappa shape index (κ1) is 17.7. The van der Waals surface area contributed by atoms with Crippen LogP contribution in [0.2, 0.25) is 0 Å². The zero-order valence-corrected chi connectivity index (χ0v) is 12.8. The molecule has 112 valence electrons. The topological polar surface area (TPSA) is 81.7 Å². The van der Waals surface area contributed by atoms with E-state index < -0.39 is 17.5 Å². The fourth-order valence-corrected chi connectivity index (χ4v) is 1.82. The molecule has 19 heavy (non-hydrogen) atoms. The van der Waals surface area contributed by atoms with Crippen molar-refractivity contribution in [3.05, 3.63) is 0 Å². The molecule has 0 rings (SSSR count). The maximum atomic E-state index is 11.8. The minimum atomic E-state index is -1.23. The van der Waals surface area contributed by atoms with E-state index in [4.69, 9.17) is 5.11 Å². The van der Waals surface area contributed by atoms with Gasteiger partial charge in [-0.2, -0.15) is 0 Å². The van der Waals surface area contributed by atoms with Gasteiger partial charge >= 0.3 is 12.0 Å². The van der Waals surface area contributed by atoms with Crippen LogP contribution in [0.5, 0.6) is 0 Å². The molecule has 0 bridgehead atoms. The molecule has 0 aromatic carbocycles. The summed E-state index contributed by atoms with van der Waals surface area (Å²) < 4.78 is 0. The van der Waals surface area contributed by atoms with Crippen molar-refractivity contribution in [2.45, 2.75) is 39.7 Å². The van der Waals surface area contributed by atoms with Gasteiger partial charge in [-0.05, 0) is 32.9 Å². The molecule has 2 amide bonds. The molecule has 0 fully saturated rings. The van der Waals surface area contributed by atoms with E-state index in [9.17, 15) is 9.59 Å². The normalized spacial score (nSPS) is 14.9. The quantitative estimate of drug-likeness (QED) is 0.649. The molecule has 6 heteroatoms. The average Bonchev–Trinajstić information content (AvgIpc) is 2.24. The zero-order chi connectivity index (χ0) is 15.3. The van der Waals surface area contributed by atoms with Crippen LogP contribution in [0.25, 0.3) is 0 Å². The van der Waals surface area contributed by atoms with E-state index in [1.807, 2.05) is 32.8 Å². The molecule has 1 unspecified atom stereocenters. The van der Waals surface area contributed by atoms with E-state index in [0.717, 1.165) is 6.54 Å². The SMILES string of the molecule is CCC(C)(NC(=O)NCC(C)(C)CN(C)C)C(=O)O. The summed E-state index contributed by atoms with van der Waals surface area (Å²) in [5.74, 6) is -1.03. The largest absolute Gasteiger partial charge is 0.480 e. The Kier molecular flexibility index (Phi) is 6.29. The van der Waals surface area contributed by atoms with Crippen LogP contribution in [-0.2, 0) is 4.79 Å². The Morgan fingerprint density at radius 2 is 1.74 bits per heavy atom. The van der Waals surface area contributed by atoms with Crippen molar-refractivity contribution < 1.29 is 14.7 Å². The third-order valence-electron chi connectivity index (χ3n) is 3.04. The van der Waals surface area contributed by atoms with Gasteiger partial charge in [0.25, 0.3) is 0 Å². The van der Waals surface area contributed by atoms with Crippen molar-refractivity contribution in [3.63, 3.8) is 0 Å². The Morgan fingerprint density at radius 3 is 2.11 bits per heavy atom. The molecule has 3 N–H and O–H groups in total. The highest BCUT2D eigenvalue weighted by atomic mass is 16.4. The lowest BCUT2D eigenvalue weighted by Crippen LogP contribution is -2.56. The van der Waals surface area contributed by atoms with Crippen LogP contribution in [0.1, 0.15) is 34.1 Å². The molecule has 0 aliphatic heterocycles. The summed E-state index contributed by atoms with van der Waals surface area (Å²) >= 11 is 0. The molecule has 0 aromatic heterocycles. The fraction of sp³-hybridized carbons (Fsp3) is 0.846. The second-order valence-electron chi connectivity index (χ2n) is 6.20. The van der Waals surface area contributed by atoms with Crippen LogP contribution in [0.4, 0.5) is 4.79 Å². The van der Waals surface area contributed by atoms with E-state index in [1.165, 1.54) is 6.92 Å². The maximum Gasteiger partial charge on any atom is 0.329 e. The molecule has 1 atom stereocenters. The van der Waals surface area contributed by atoms with Gasteiger partial charge < -0.3 is 20.6 Å². The summed E-state index contributed by atoms with van der Waals surface area (Å²) in [5.41, 5.74) is -1.30. The summed E-state index contributed by atoms with van der Waals surface area (Å²) in [7, 11) is 3.95. The Labute approximate surface area is 115 Å². The Hall–Kier alpha value is -1.30. The number of carbonyl (C=O) groups is 2. The first-order chi connectivity index (χ1) is 8.52. The predicted molar refractivity (Wildman–Crippen MR) is 75.2 cm³/mol. The molecule has 6 nitrogen and oxygen atoms in total. The van der Waals surface area contributed by atoms with E-state index in [-0.39, 0.29) is 5.41 Å². The van der Waals surface area contributed by atoms with Crippen LogP contribution < -0.4 is 10.6 Å². The second kappa shape index (κ2) is 6.75. The average molecular weight is 273 g/mol. The van der Waals surface area contributed by atoms with Gasteiger partial charge in [-0.3, -0.25) is 0 Å². The number of hydrogen-bond donors (Lipinski definition) is 3. The number of nitrogens with one attached hydrogen (secondary N) is 2. The van der Waals surface area contributed by atoms with Gasteiger partial charge in [0.05, 0.1) is 0 Å². The third kappa shape index (κ3) is 6.42. The molecule has 0 aliphatic rings. The van der Waals surface area contributed by atoms with Gasteiger partial charge in [-0.25, -0.2) is 9.59 Å². The molecule has 0 saturated carbocycles. The molecular weight excluding hydrogens is 246 g/mol. The van der Waals surface area contributed by atoms with Gasteiger partial charge in [-0.1, -0.05) is 20.8 Å². The first-order valence-corrected chi connectivity index (χ1v) is 6.46. The lowest BCUT2D eigenvalue weighted by atomic mass is 9.93. The zero-order valence-electron chi connectivity index (χ0n) is 12.8. The van der Waals surface area contributed by atoms with Crippen LogP contribution >= 0.6 is 0 Å². The molecule has 0 saturated heterocycles. The van der Waals surface area contributed by atoms with Crippen LogP contribution in [0.15, 0.2) is 0 Å². The lowest BCUT2D eigenvalue weighted by molar-refractivity contribution is -0.143. The van der Waals surface area contributed by atoms with Gasteiger partial charge in [-0.15, -0.1) is 0 Å². The summed E-state index contributed by atoms with van der Waals surface area (Å²) in [6.07, 6.45) is 0.330. The number of aliphatic carboxylic acids is 1. The number of carbonyl (C=O) groups excluding carboxylic acids is 1. The minimum absolute atomic E-state index is 0.0767. The van der Waals surface area contributed by atoms with Crippen molar-refractivity contribution in [1.82, 2.24) is 15.5 Å². The van der Waals surface area contributed by atoms with E-state index >= 15 is 0 Å². The number of rotatable bonds is 7. The van der Waals surface area contributed by atoms with Crippen molar-refractivity contribution in [2.24, 2.45) is 5.41 Å². The van der Waals surface area contributed by atoms with Gasteiger partial charge in [0.1, 0.15) is 5.54 Å². The number of urea groups is 1. The van der Waals surface area contributed by atoms with E-state index in [2.05, 4.69) is 10.6 Å². The molecular formula is C13H27N3O3. The van der Waals surface area contributed by atoms with Crippen molar-refractivity contribution >= 4 is 12.0 Å². The van der Waals surface area contributed by atoms with Gasteiger partial charge in [0, 0.05) is 13.1 Å². The lowest BCUT2D eigenvalue weighted by Gasteiger charge is -2.30. The smallest absolute Gasteiger partial charge is 0.329 e. The number of nitrogens with zero attached hydrogens (tertiary/aromatic N) is 1. The molecule has 0 heterocycles. The highest BCUT2D eigenvalue weighted by molar-refractivity contribution is 5.85. The fourth-order valence-electron chi connectivity index (χ4n) is 1.82. The molecule has 0 radical (unpaired) electrons. The third-order valence-corrected chi connectivity index (χ3v) is 3.04. The van der Waals surface area contributed by atoms with Crippen LogP contribution in [0, 0.1) is 5.41 Å². The van der Waals surface area contributed by atoms with E-state index in [1.54, 1.807) is 6.92 Å². The van der Waals surface area contributed by atoms with Crippen LogP contribution in [0.3, 0.4) is 0 Å². The minimum Gasteiger partial charge on any atom is -0.480 e. The maximum absolute atomic E-state index is 11.8. The highest BCUT2D eigenvalue weighted by Crippen LogP contribution is 2.14. The van der Waals surface area contributed by atoms with Gasteiger partial charge in [0.2, 0.25) is 0 Å². The molecule has 0 aromatic rings. The first-order valence-electron chi connectivity index (χ1n) is 6.46. The number of hydrogen-bond acceptors (Lipinski definition) is 3. The Bertz CT molecular complexity index is 329. The molecule has 0 spiro atoms. The number of amides is 2. The van der Waals surface area contributed by atoms with Crippen LogP contribution in [-0.4, -0.2) is 54.7 Å². The van der Waals surface area contributed by atoms with Crippen molar-refractivity contribution in [2.75, 3.05) is 27.2 Å². The highest BCUT2D eigenvalue weighted by Gasteiger charge is 2.33. The summed E-state index contributed by atoms with van der Waals surface area (Å²) in [4.78, 5) is 24.9. The monoisotopic (exact) mass is 273 g/mol. The van der Waals surface area contributed by atoms with Gasteiger partial charge in [0.15, 0.2) is 0 Å². The number of carboxylic acids is 1. The summed E-state index contributed by atoms with van der Waals surface area (Å²) in [6, 6.07) is -0.446. The Balaban J connectivity index is 4.37. The van der Waals surface area contributed by atoms with E-state index in [0.29, 0.717) is 13.0 Å². The standard InChI is InChI=1S/C13H27N3O3/c1-7-13(4,10(17)18)15-11(19)14-8-12(2,3)9-16(5)6/h7-9H2,1-6H3,(H,17,18)(H2,14,15,19). The van der Waals surface area contributed by atoms with Crippen molar-refractivity contribution in [1.29, 1.82) is 0 Å².